The maximum Gasteiger partial charge on any atom is 0.306 e. The van der Waals surface area contributed by atoms with Crippen molar-refractivity contribution in [2.75, 3.05) is 13.2 Å². The topological polar surface area (TPSA) is 78.9 Å². The number of hydrogen-bond acceptors (Lipinski definition) is 6. The van der Waals surface area contributed by atoms with Crippen LogP contribution in [0.25, 0.3) is 0 Å². The van der Waals surface area contributed by atoms with Crippen LogP contribution in [0.1, 0.15) is 213 Å². The quantitative estimate of drug-likeness (QED) is 0.0267. The second-order valence-corrected chi connectivity index (χ2v) is 14.9. The van der Waals surface area contributed by atoms with Crippen LogP contribution in [-0.2, 0) is 28.6 Å². The van der Waals surface area contributed by atoms with Gasteiger partial charge >= 0.3 is 17.9 Å². The fraction of sp³-hybridized carbons (Fsp3) is 0.735. The summed E-state index contributed by atoms with van der Waals surface area (Å²) in [6, 6.07) is 0. The number of carbonyl (C=O) groups is 3. The van der Waals surface area contributed by atoms with Gasteiger partial charge in [-0.25, -0.2) is 0 Å². The van der Waals surface area contributed by atoms with Gasteiger partial charge in [0.05, 0.1) is 0 Å². The van der Waals surface area contributed by atoms with E-state index in [0.717, 1.165) is 103 Å². The van der Waals surface area contributed by atoms with Gasteiger partial charge in [0.2, 0.25) is 0 Å². The van der Waals surface area contributed by atoms with E-state index in [4.69, 9.17) is 14.2 Å². The molecule has 0 amide bonds. The molecule has 1 unspecified atom stereocenters. The van der Waals surface area contributed by atoms with Crippen LogP contribution >= 0.6 is 0 Å². The number of esters is 3. The molecule has 1 atom stereocenters. The van der Waals surface area contributed by atoms with Crippen molar-refractivity contribution in [1.82, 2.24) is 0 Å². The summed E-state index contributed by atoms with van der Waals surface area (Å²) in [6.07, 6.45) is 52.0. The van der Waals surface area contributed by atoms with Crippen molar-refractivity contribution in [1.29, 1.82) is 0 Å². The van der Waals surface area contributed by atoms with E-state index in [-0.39, 0.29) is 31.1 Å². The Balaban J connectivity index is 4.45. The van der Waals surface area contributed by atoms with Gasteiger partial charge < -0.3 is 14.2 Å². The molecule has 0 heterocycles. The van der Waals surface area contributed by atoms with E-state index in [1.807, 2.05) is 0 Å². The number of ether oxygens (including phenoxy) is 3. The first kappa shape index (κ1) is 52.1. The molecule has 0 rings (SSSR count). The Hall–Kier alpha value is -2.89. The van der Waals surface area contributed by atoms with Crippen LogP contribution in [0.15, 0.2) is 60.8 Å². The molecule has 0 aromatic rings. The first-order valence-corrected chi connectivity index (χ1v) is 22.8. The lowest BCUT2D eigenvalue weighted by Crippen LogP contribution is -2.30. The molecule has 55 heavy (non-hydrogen) atoms. The summed E-state index contributed by atoms with van der Waals surface area (Å²) < 4.78 is 16.7. The summed E-state index contributed by atoms with van der Waals surface area (Å²) in [5.74, 6) is -0.944. The first-order valence-electron chi connectivity index (χ1n) is 22.8. The Bertz CT molecular complexity index is 1020. The molecule has 0 aliphatic heterocycles. The highest BCUT2D eigenvalue weighted by atomic mass is 16.6. The third-order valence-corrected chi connectivity index (χ3v) is 9.48. The lowest BCUT2D eigenvalue weighted by Gasteiger charge is -2.18. The molecule has 0 fully saturated rings. The van der Waals surface area contributed by atoms with Crippen LogP contribution in [0.3, 0.4) is 0 Å². The molecule has 0 aromatic carbocycles. The molecule has 0 saturated heterocycles. The van der Waals surface area contributed by atoms with E-state index in [2.05, 4.69) is 81.5 Å². The molecule has 0 radical (unpaired) electrons. The molecule has 6 heteroatoms. The minimum atomic E-state index is -0.790. The van der Waals surface area contributed by atoms with Crippen molar-refractivity contribution in [2.24, 2.45) is 0 Å². The lowest BCUT2D eigenvalue weighted by molar-refractivity contribution is -0.167. The summed E-state index contributed by atoms with van der Waals surface area (Å²) >= 11 is 0. The number of hydrogen-bond donors (Lipinski definition) is 0. The predicted octanol–water partition coefficient (Wildman–Crippen LogP) is 14.5. The van der Waals surface area contributed by atoms with Crippen molar-refractivity contribution in [2.45, 2.75) is 219 Å². The smallest absolute Gasteiger partial charge is 0.306 e. The van der Waals surface area contributed by atoms with Gasteiger partial charge in [0.15, 0.2) is 6.10 Å². The molecule has 0 aliphatic carbocycles. The van der Waals surface area contributed by atoms with E-state index in [1.54, 1.807) is 0 Å². The lowest BCUT2D eigenvalue weighted by atomic mass is 10.1. The fourth-order valence-corrected chi connectivity index (χ4v) is 6.03. The summed E-state index contributed by atoms with van der Waals surface area (Å²) in [7, 11) is 0. The Labute approximate surface area is 339 Å². The van der Waals surface area contributed by atoms with E-state index in [1.165, 1.54) is 70.6 Å². The SMILES string of the molecule is CC/C=C\C/C=C\C/C=C\CCCCCC(=O)OCC(COC(=O)CCCCCCC/C=C\CCCCC)OC(=O)CCCCCCC/C=C\CCCCC. The van der Waals surface area contributed by atoms with E-state index in [0.29, 0.717) is 19.3 Å². The Morgan fingerprint density at radius 3 is 1.15 bits per heavy atom. The third-order valence-electron chi connectivity index (χ3n) is 9.48. The summed E-state index contributed by atoms with van der Waals surface area (Å²) in [4.78, 5) is 37.7. The average molecular weight is 769 g/mol. The molecule has 0 aromatic heterocycles. The van der Waals surface area contributed by atoms with Crippen molar-refractivity contribution in [3.05, 3.63) is 60.8 Å². The second kappa shape index (κ2) is 43.8. The summed E-state index contributed by atoms with van der Waals surface area (Å²) in [5, 5.41) is 0. The van der Waals surface area contributed by atoms with Gasteiger partial charge in [0.1, 0.15) is 13.2 Å². The molecule has 0 saturated carbocycles. The van der Waals surface area contributed by atoms with Crippen molar-refractivity contribution in [3.8, 4) is 0 Å². The number of allylic oxidation sites excluding steroid dienone is 10. The average Bonchev–Trinajstić information content (AvgIpc) is 3.18. The molecule has 0 bridgehead atoms. The molecular weight excluding hydrogens is 685 g/mol. The molecule has 6 nitrogen and oxygen atoms in total. The van der Waals surface area contributed by atoms with Crippen LogP contribution in [-0.4, -0.2) is 37.2 Å². The van der Waals surface area contributed by atoms with Crippen LogP contribution in [0.2, 0.25) is 0 Å². The highest BCUT2D eigenvalue weighted by Crippen LogP contribution is 2.13. The molecule has 316 valence electrons. The van der Waals surface area contributed by atoms with E-state index < -0.39 is 6.10 Å². The van der Waals surface area contributed by atoms with Crippen LogP contribution in [0, 0.1) is 0 Å². The van der Waals surface area contributed by atoms with Gasteiger partial charge in [-0.3, -0.25) is 14.4 Å². The predicted molar refractivity (Wildman–Crippen MR) is 233 cm³/mol. The largest absolute Gasteiger partial charge is 0.462 e. The normalized spacial score (nSPS) is 12.6. The molecule has 0 spiro atoms. The molecular formula is C49H84O6. The van der Waals surface area contributed by atoms with Crippen LogP contribution in [0.5, 0.6) is 0 Å². The number of rotatable bonds is 40. The fourth-order valence-electron chi connectivity index (χ4n) is 6.03. The van der Waals surface area contributed by atoms with Crippen molar-refractivity contribution in [3.63, 3.8) is 0 Å². The van der Waals surface area contributed by atoms with Gasteiger partial charge in [-0.1, -0.05) is 152 Å². The minimum Gasteiger partial charge on any atom is -0.462 e. The zero-order valence-corrected chi connectivity index (χ0v) is 35.9. The van der Waals surface area contributed by atoms with Crippen LogP contribution in [0.4, 0.5) is 0 Å². The maximum absolute atomic E-state index is 12.7. The Morgan fingerprint density at radius 1 is 0.382 bits per heavy atom. The molecule has 0 N–H and O–H groups in total. The molecule has 0 aliphatic rings. The monoisotopic (exact) mass is 769 g/mol. The standard InChI is InChI=1S/C49H84O6/c1-4-7-10-13-16-19-22-25-28-30-33-36-39-42-48(51)54-45-46(55-49(52)43-40-37-34-31-27-24-21-18-15-12-9-6-3)44-53-47(50)41-38-35-32-29-26-23-20-17-14-11-8-5-2/h7,10,16-21,25,28,46H,4-6,8-9,11-15,22-24,26-27,29-45H2,1-3H3/b10-7-,19-16-,20-17-,21-18-,28-25-. The van der Waals surface area contributed by atoms with Gasteiger partial charge in [-0.2, -0.15) is 0 Å². The summed E-state index contributed by atoms with van der Waals surface area (Å²) in [5.41, 5.74) is 0. The van der Waals surface area contributed by atoms with Crippen molar-refractivity contribution >= 4 is 17.9 Å². The minimum absolute atomic E-state index is 0.0919. The van der Waals surface area contributed by atoms with Crippen molar-refractivity contribution < 1.29 is 28.6 Å². The zero-order valence-electron chi connectivity index (χ0n) is 35.9. The number of carbonyl (C=O) groups excluding carboxylic acids is 3. The van der Waals surface area contributed by atoms with Gasteiger partial charge in [0.25, 0.3) is 0 Å². The third kappa shape index (κ3) is 42.1. The highest BCUT2D eigenvalue weighted by Gasteiger charge is 2.19. The highest BCUT2D eigenvalue weighted by molar-refractivity contribution is 5.71. The maximum atomic E-state index is 12.7. The van der Waals surface area contributed by atoms with Gasteiger partial charge in [-0.15, -0.1) is 0 Å². The number of unbranched alkanes of at least 4 members (excludes halogenated alkanes) is 19. The van der Waals surface area contributed by atoms with Gasteiger partial charge in [-0.05, 0) is 103 Å². The van der Waals surface area contributed by atoms with Crippen LogP contribution < -0.4 is 0 Å². The Kier molecular flexibility index (Phi) is 41.5. The summed E-state index contributed by atoms with van der Waals surface area (Å²) in [6.45, 7) is 6.41. The van der Waals surface area contributed by atoms with E-state index in [9.17, 15) is 14.4 Å². The second-order valence-electron chi connectivity index (χ2n) is 14.9. The van der Waals surface area contributed by atoms with E-state index >= 15 is 0 Å². The van der Waals surface area contributed by atoms with Gasteiger partial charge in [0, 0.05) is 19.3 Å². The Morgan fingerprint density at radius 2 is 0.709 bits per heavy atom. The zero-order chi connectivity index (χ0) is 40.1. The first-order chi connectivity index (χ1) is 27.0.